The van der Waals surface area contributed by atoms with Gasteiger partial charge < -0.3 is 15.0 Å². The van der Waals surface area contributed by atoms with Crippen LogP contribution in [0.4, 0.5) is 0 Å². The summed E-state index contributed by atoms with van der Waals surface area (Å²) in [5, 5.41) is 5.11. The predicted octanol–water partition coefficient (Wildman–Crippen LogP) is -0.390. The van der Waals surface area contributed by atoms with Gasteiger partial charge in [0.2, 0.25) is 17.7 Å². The van der Waals surface area contributed by atoms with Gasteiger partial charge in [-0.15, -0.1) is 0 Å². The van der Waals surface area contributed by atoms with Crippen LogP contribution >= 0.6 is 0 Å². The van der Waals surface area contributed by atoms with Crippen molar-refractivity contribution < 1.29 is 28.7 Å². The maximum absolute atomic E-state index is 13.1. The van der Waals surface area contributed by atoms with Gasteiger partial charge in [-0.2, -0.15) is 0 Å². The van der Waals surface area contributed by atoms with Crippen molar-refractivity contribution in [2.75, 3.05) is 52.9 Å². The molecule has 0 aromatic heterocycles. The van der Waals surface area contributed by atoms with E-state index in [-0.39, 0.29) is 35.6 Å². The Balaban J connectivity index is 1.24. The monoisotopic (exact) mass is 485 g/mol. The Morgan fingerprint density at radius 2 is 1.86 bits per heavy atom. The second-order valence-corrected chi connectivity index (χ2v) is 9.11. The van der Waals surface area contributed by atoms with Crippen LogP contribution in [0.15, 0.2) is 18.2 Å². The number of ether oxygens (including phenoxy) is 1. The van der Waals surface area contributed by atoms with Crippen LogP contribution in [0, 0.1) is 0 Å². The van der Waals surface area contributed by atoms with Crippen LogP contribution in [0.2, 0.25) is 0 Å². The van der Waals surface area contributed by atoms with Crippen molar-refractivity contribution in [3.63, 3.8) is 0 Å². The highest BCUT2D eigenvalue weighted by Gasteiger charge is 2.45. The molecular formula is C24H31N5O6. The fourth-order valence-corrected chi connectivity index (χ4v) is 4.51. The second-order valence-electron chi connectivity index (χ2n) is 9.11. The van der Waals surface area contributed by atoms with E-state index in [2.05, 4.69) is 27.5 Å². The van der Waals surface area contributed by atoms with Gasteiger partial charge in [-0.05, 0) is 38.4 Å². The van der Waals surface area contributed by atoms with Gasteiger partial charge in [-0.25, -0.2) is 0 Å². The minimum atomic E-state index is -1.01. The number of fused-ring (bicyclic) bond motifs is 1. The van der Waals surface area contributed by atoms with Crippen molar-refractivity contribution in [3.8, 4) is 5.75 Å². The number of carbonyl (C=O) groups is 5. The van der Waals surface area contributed by atoms with Crippen molar-refractivity contribution in [2.45, 2.75) is 31.7 Å². The SMILES string of the molecule is CN1CCN(CC(=O)NCCCCOc2cccc3c2C(=O)N(C2CCC(=O)NC2=O)C3=O)CC1. The van der Waals surface area contributed by atoms with Crippen LogP contribution in [-0.4, -0.2) is 103 Å². The molecule has 188 valence electrons. The summed E-state index contributed by atoms with van der Waals surface area (Å²) >= 11 is 0. The van der Waals surface area contributed by atoms with E-state index in [9.17, 15) is 24.0 Å². The largest absolute Gasteiger partial charge is 0.493 e. The minimum absolute atomic E-state index is 0.00833. The number of nitrogens with zero attached hydrogens (tertiary/aromatic N) is 3. The molecule has 3 aliphatic heterocycles. The molecule has 1 aromatic rings. The number of piperazine rings is 1. The van der Waals surface area contributed by atoms with Crippen LogP contribution in [0.5, 0.6) is 5.75 Å². The molecule has 0 aliphatic carbocycles. The fourth-order valence-electron chi connectivity index (χ4n) is 4.51. The summed E-state index contributed by atoms with van der Waals surface area (Å²) in [6.07, 6.45) is 1.53. The highest BCUT2D eigenvalue weighted by Crippen LogP contribution is 2.33. The number of carbonyl (C=O) groups excluding carboxylic acids is 5. The van der Waals surface area contributed by atoms with Crippen LogP contribution < -0.4 is 15.4 Å². The van der Waals surface area contributed by atoms with Gasteiger partial charge in [-0.1, -0.05) is 6.07 Å². The van der Waals surface area contributed by atoms with Gasteiger partial charge in [0.15, 0.2) is 0 Å². The predicted molar refractivity (Wildman–Crippen MR) is 125 cm³/mol. The third-order valence-electron chi connectivity index (χ3n) is 6.54. The number of rotatable bonds is 9. The molecule has 5 amide bonds. The Morgan fingerprint density at radius 3 is 2.60 bits per heavy atom. The molecule has 3 heterocycles. The maximum Gasteiger partial charge on any atom is 0.266 e. The zero-order valence-electron chi connectivity index (χ0n) is 19.9. The lowest BCUT2D eigenvalue weighted by Crippen LogP contribution is -2.54. The number of unbranched alkanes of at least 4 members (excludes halogenated alkanes) is 1. The van der Waals surface area contributed by atoms with Crippen molar-refractivity contribution in [2.24, 2.45) is 0 Å². The number of hydrogen-bond donors (Lipinski definition) is 2. The van der Waals surface area contributed by atoms with Gasteiger partial charge in [-0.3, -0.25) is 39.1 Å². The van der Waals surface area contributed by atoms with E-state index in [1.807, 2.05) is 0 Å². The molecule has 0 radical (unpaired) electrons. The molecule has 2 N–H and O–H groups in total. The summed E-state index contributed by atoms with van der Waals surface area (Å²) in [4.78, 5) is 67.0. The summed E-state index contributed by atoms with van der Waals surface area (Å²) in [6, 6.07) is 3.77. The van der Waals surface area contributed by atoms with Crippen molar-refractivity contribution >= 4 is 29.5 Å². The molecular weight excluding hydrogens is 454 g/mol. The van der Waals surface area contributed by atoms with E-state index in [1.165, 1.54) is 6.07 Å². The first-order chi connectivity index (χ1) is 16.8. The third kappa shape index (κ3) is 5.68. The zero-order valence-corrected chi connectivity index (χ0v) is 19.9. The molecule has 0 saturated carbocycles. The number of benzene rings is 1. The summed E-state index contributed by atoms with van der Waals surface area (Å²) in [5.41, 5.74) is 0.330. The molecule has 1 aromatic carbocycles. The number of piperidine rings is 1. The van der Waals surface area contributed by atoms with Crippen LogP contribution in [-0.2, 0) is 14.4 Å². The number of likely N-dealkylation sites (N-methyl/N-ethyl adjacent to an activating group) is 1. The van der Waals surface area contributed by atoms with Crippen LogP contribution in [0.25, 0.3) is 0 Å². The molecule has 35 heavy (non-hydrogen) atoms. The standard InChI is InChI=1S/C24H31N5O6/c1-27-10-12-28(13-11-27)15-20(31)25-9-2-3-14-35-18-6-4-5-16-21(18)24(34)29(23(16)33)17-7-8-19(30)26-22(17)32/h4-6,17H,2-3,7-15H2,1H3,(H,25,31)(H,26,30,32). The summed E-state index contributed by atoms with van der Waals surface area (Å²) < 4.78 is 5.81. The maximum atomic E-state index is 13.1. The first kappa shape index (κ1) is 24.8. The first-order valence-electron chi connectivity index (χ1n) is 12.0. The van der Waals surface area contributed by atoms with E-state index in [4.69, 9.17) is 4.74 Å². The quantitative estimate of drug-likeness (QED) is 0.358. The molecule has 1 unspecified atom stereocenters. The summed E-state index contributed by atoms with van der Waals surface area (Å²) in [5.74, 6) is -1.92. The molecule has 3 aliphatic rings. The molecule has 1 atom stereocenters. The Morgan fingerprint density at radius 1 is 1.09 bits per heavy atom. The van der Waals surface area contributed by atoms with Gasteiger partial charge in [0.25, 0.3) is 11.8 Å². The van der Waals surface area contributed by atoms with E-state index >= 15 is 0 Å². The molecule has 11 nitrogen and oxygen atoms in total. The Bertz CT molecular complexity index is 1020. The second kappa shape index (κ2) is 11.0. The highest BCUT2D eigenvalue weighted by atomic mass is 16.5. The molecule has 0 bridgehead atoms. The van der Waals surface area contributed by atoms with Gasteiger partial charge in [0.1, 0.15) is 11.8 Å². The fraction of sp³-hybridized carbons (Fsp3) is 0.542. The lowest BCUT2D eigenvalue weighted by Gasteiger charge is -2.31. The molecule has 2 fully saturated rings. The van der Waals surface area contributed by atoms with Gasteiger partial charge in [0, 0.05) is 39.1 Å². The molecule has 11 heteroatoms. The third-order valence-corrected chi connectivity index (χ3v) is 6.54. The molecule has 0 spiro atoms. The van der Waals surface area contributed by atoms with E-state index in [0.717, 1.165) is 31.1 Å². The highest BCUT2D eigenvalue weighted by molar-refractivity contribution is 6.24. The van der Waals surface area contributed by atoms with Crippen molar-refractivity contribution in [1.29, 1.82) is 0 Å². The first-order valence-corrected chi connectivity index (χ1v) is 12.0. The van der Waals surface area contributed by atoms with Crippen molar-refractivity contribution in [3.05, 3.63) is 29.3 Å². The van der Waals surface area contributed by atoms with Crippen LogP contribution in [0.1, 0.15) is 46.4 Å². The number of hydrogen-bond acceptors (Lipinski definition) is 8. The summed E-state index contributed by atoms with van der Waals surface area (Å²) in [6.45, 7) is 4.96. The topological polar surface area (TPSA) is 128 Å². The summed E-state index contributed by atoms with van der Waals surface area (Å²) in [7, 11) is 2.07. The van der Waals surface area contributed by atoms with E-state index in [0.29, 0.717) is 32.5 Å². The van der Waals surface area contributed by atoms with Crippen molar-refractivity contribution in [1.82, 2.24) is 25.3 Å². The zero-order chi connectivity index (χ0) is 24.9. The lowest BCUT2D eigenvalue weighted by atomic mass is 10.0. The van der Waals surface area contributed by atoms with Gasteiger partial charge >= 0.3 is 0 Å². The average molecular weight is 486 g/mol. The molecule has 2 saturated heterocycles. The van der Waals surface area contributed by atoms with E-state index in [1.54, 1.807) is 12.1 Å². The number of imide groups is 2. The average Bonchev–Trinajstić information content (AvgIpc) is 3.08. The van der Waals surface area contributed by atoms with Crippen LogP contribution in [0.3, 0.4) is 0 Å². The Hall–Kier alpha value is -3.31. The minimum Gasteiger partial charge on any atom is -0.493 e. The van der Waals surface area contributed by atoms with Gasteiger partial charge in [0.05, 0.1) is 24.3 Å². The number of amides is 5. The molecule has 4 rings (SSSR count). The normalized spacial score (nSPS) is 21.2. The number of nitrogens with one attached hydrogen (secondary N) is 2. The lowest BCUT2D eigenvalue weighted by molar-refractivity contribution is -0.136. The Labute approximate surface area is 203 Å². The smallest absolute Gasteiger partial charge is 0.266 e. The Kier molecular flexibility index (Phi) is 7.76. The van der Waals surface area contributed by atoms with E-state index < -0.39 is 29.7 Å².